The molecule has 0 bridgehead atoms. The molecule has 6 heteroatoms. The molecule has 1 aromatic carbocycles. The van der Waals surface area contributed by atoms with Crippen molar-refractivity contribution in [2.24, 2.45) is 5.92 Å². The highest BCUT2D eigenvalue weighted by Gasteiger charge is 2.21. The molecular weight excluding hydrogens is 272 g/mol. The van der Waals surface area contributed by atoms with E-state index in [0.717, 1.165) is 0 Å². The summed E-state index contributed by atoms with van der Waals surface area (Å²) >= 11 is 0. The molecule has 0 aliphatic carbocycles. The summed E-state index contributed by atoms with van der Waals surface area (Å²) in [5.74, 6) is -1.83. The average molecular weight is 292 g/mol. The first-order valence-corrected chi connectivity index (χ1v) is 6.75. The number of rotatable bonds is 7. The second-order valence-corrected chi connectivity index (χ2v) is 5.14. The minimum absolute atomic E-state index is 0.144. The van der Waals surface area contributed by atoms with Gasteiger partial charge < -0.3 is 15.7 Å². The van der Waals surface area contributed by atoms with E-state index >= 15 is 0 Å². The Labute approximate surface area is 123 Å². The van der Waals surface area contributed by atoms with Crippen molar-refractivity contribution in [1.82, 2.24) is 10.6 Å². The molecule has 0 radical (unpaired) electrons. The quantitative estimate of drug-likeness (QED) is 0.699. The summed E-state index contributed by atoms with van der Waals surface area (Å²) in [5, 5.41) is 13.9. The lowest BCUT2D eigenvalue weighted by atomic mass is 10.0. The summed E-state index contributed by atoms with van der Waals surface area (Å²) in [6.45, 7) is 3.49. The molecule has 0 aliphatic rings. The lowest BCUT2D eigenvalue weighted by molar-refractivity contribution is -0.142. The van der Waals surface area contributed by atoms with E-state index < -0.39 is 17.9 Å². The van der Waals surface area contributed by atoms with Crippen molar-refractivity contribution < 1.29 is 19.5 Å². The number of amides is 2. The molecule has 1 aromatic rings. The predicted octanol–water partition coefficient (Wildman–Crippen LogP) is 1.03. The van der Waals surface area contributed by atoms with E-state index in [1.54, 1.807) is 30.3 Å². The van der Waals surface area contributed by atoms with Gasteiger partial charge in [0.2, 0.25) is 5.91 Å². The Kier molecular flexibility index (Phi) is 6.39. The van der Waals surface area contributed by atoms with Gasteiger partial charge in [-0.1, -0.05) is 32.0 Å². The number of hydrogen-bond donors (Lipinski definition) is 3. The van der Waals surface area contributed by atoms with Crippen molar-refractivity contribution in [3.63, 3.8) is 0 Å². The normalized spacial score (nSPS) is 11.8. The Morgan fingerprint density at radius 1 is 1.14 bits per heavy atom. The van der Waals surface area contributed by atoms with Crippen LogP contribution in [0.15, 0.2) is 30.3 Å². The molecule has 0 heterocycles. The van der Waals surface area contributed by atoms with E-state index in [2.05, 4.69) is 10.6 Å². The number of carboxylic acids is 1. The minimum atomic E-state index is -1.08. The van der Waals surface area contributed by atoms with E-state index in [-0.39, 0.29) is 18.4 Å². The van der Waals surface area contributed by atoms with Gasteiger partial charge in [0.05, 0.1) is 6.54 Å². The maximum absolute atomic E-state index is 11.7. The van der Waals surface area contributed by atoms with Crippen LogP contribution in [0.1, 0.15) is 30.6 Å². The molecule has 0 fully saturated rings. The zero-order chi connectivity index (χ0) is 15.8. The van der Waals surface area contributed by atoms with E-state index in [9.17, 15) is 14.4 Å². The van der Waals surface area contributed by atoms with E-state index in [4.69, 9.17) is 5.11 Å². The van der Waals surface area contributed by atoms with Crippen molar-refractivity contribution in [3.05, 3.63) is 35.9 Å². The van der Waals surface area contributed by atoms with Crippen LogP contribution >= 0.6 is 0 Å². The van der Waals surface area contributed by atoms with Gasteiger partial charge >= 0.3 is 5.97 Å². The van der Waals surface area contributed by atoms with Crippen molar-refractivity contribution in [2.75, 3.05) is 6.54 Å². The van der Waals surface area contributed by atoms with Crippen LogP contribution in [0.2, 0.25) is 0 Å². The number of aliphatic carboxylic acids is 1. The third kappa shape index (κ3) is 6.07. The molecule has 0 spiro atoms. The molecule has 3 N–H and O–H groups in total. The second-order valence-electron chi connectivity index (χ2n) is 5.14. The number of benzene rings is 1. The zero-order valence-corrected chi connectivity index (χ0v) is 12.1. The van der Waals surface area contributed by atoms with Crippen LogP contribution in [0, 0.1) is 5.92 Å². The highest BCUT2D eigenvalue weighted by molar-refractivity contribution is 5.96. The topological polar surface area (TPSA) is 95.5 Å². The number of hydrogen-bond acceptors (Lipinski definition) is 3. The highest BCUT2D eigenvalue weighted by atomic mass is 16.4. The smallest absolute Gasteiger partial charge is 0.326 e. The van der Waals surface area contributed by atoms with E-state index in [1.165, 1.54) is 0 Å². The molecule has 1 atom stereocenters. The lowest BCUT2D eigenvalue weighted by Crippen LogP contribution is -2.46. The van der Waals surface area contributed by atoms with Gasteiger partial charge in [0.25, 0.3) is 5.91 Å². The maximum atomic E-state index is 11.7. The van der Waals surface area contributed by atoms with Crippen LogP contribution in [0.4, 0.5) is 0 Å². The zero-order valence-electron chi connectivity index (χ0n) is 12.1. The van der Waals surface area contributed by atoms with Crippen molar-refractivity contribution >= 4 is 17.8 Å². The summed E-state index contributed by atoms with van der Waals surface area (Å²) in [4.78, 5) is 34.5. The van der Waals surface area contributed by atoms with Crippen molar-refractivity contribution in [1.29, 1.82) is 0 Å². The van der Waals surface area contributed by atoms with E-state index in [1.807, 2.05) is 13.8 Å². The van der Waals surface area contributed by atoms with Gasteiger partial charge in [0.1, 0.15) is 6.04 Å². The molecule has 21 heavy (non-hydrogen) atoms. The molecule has 0 aromatic heterocycles. The molecule has 6 nitrogen and oxygen atoms in total. The van der Waals surface area contributed by atoms with Gasteiger partial charge in [-0.3, -0.25) is 9.59 Å². The summed E-state index contributed by atoms with van der Waals surface area (Å²) < 4.78 is 0. The molecule has 0 saturated heterocycles. The Hall–Kier alpha value is -2.37. The Balaban J connectivity index is 2.46. The first kappa shape index (κ1) is 16.7. The van der Waals surface area contributed by atoms with Crippen molar-refractivity contribution in [3.8, 4) is 0 Å². The second kappa shape index (κ2) is 8.04. The van der Waals surface area contributed by atoms with Crippen molar-refractivity contribution in [2.45, 2.75) is 26.3 Å². The number of carbonyl (C=O) groups excluding carboxylic acids is 2. The third-order valence-electron chi connectivity index (χ3n) is 2.79. The summed E-state index contributed by atoms with van der Waals surface area (Å²) in [6, 6.07) is 7.55. The first-order valence-electron chi connectivity index (χ1n) is 6.75. The molecule has 1 rings (SSSR count). The predicted molar refractivity (Wildman–Crippen MR) is 77.8 cm³/mol. The number of carboxylic acid groups (broad SMARTS) is 1. The van der Waals surface area contributed by atoms with Gasteiger partial charge in [-0.15, -0.1) is 0 Å². The molecule has 0 saturated carbocycles. The number of carbonyl (C=O) groups is 3. The largest absolute Gasteiger partial charge is 0.480 e. The fourth-order valence-electron chi connectivity index (χ4n) is 1.79. The summed E-state index contributed by atoms with van der Waals surface area (Å²) in [5.41, 5.74) is 0.447. The van der Waals surface area contributed by atoms with Crippen LogP contribution in [0.5, 0.6) is 0 Å². The Morgan fingerprint density at radius 3 is 2.29 bits per heavy atom. The minimum Gasteiger partial charge on any atom is -0.480 e. The summed E-state index contributed by atoms with van der Waals surface area (Å²) in [6.07, 6.45) is 0.341. The molecule has 114 valence electrons. The molecule has 0 aliphatic heterocycles. The third-order valence-corrected chi connectivity index (χ3v) is 2.79. The fourth-order valence-corrected chi connectivity index (χ4v) is 1.79. The van der Waals surface area contributed by atoms with Crippen LogP contribution in [0.3, 0.4) is 0 Å². The molecule has 1 unspecified atom stereocenters. The molecule has 2 amide bonds. The van der Waals surface area contributed by atoms with Gasteiger partial charge in [-0.25, -0.2) is 4.79 Å². The van der Waals surface area contributed by atoms with Gasteiger partial charge in [0, 0.05) is 5.56 Å². The SMILES string of the molecule is CC(C)CC(NC(=O)CNC(=O)c1ccccc1)C(=O)O. The van der Waals surface area contributed by atoms with Gasteiger partial charge in [0.15, 0.2) is 0 Å². The Bertz CT molecular complexity index is 500. The van der Waals surface area contributed by atoms with Crippen LogP contribution in [0.25, 0.3) is 0 Å². The monoisotopic (exact) mass is 292 g/mol. The van der Waals surface area contributed by atoms with Crippen LogP contribution in [-0.2, 0) is 9.59 Å². The lowest BCUT2D eigenvalue weighted by Gasteiger charge is -2.16. The summed E-state index contributed by atoms with van der Waals surface area (Å²) in [7, 11) is 0. The van der Waals surface area contributed by atoms with E-state index in [0.29, 0.717) is 12.0 Å². The average Bonchev–Trinajstić information content (AvgIpc) is 2.44. The standard InChI is InChI=1S/C15H20N2O4/c1-10(2)8-12(15(20)21)17-13(18)9-16-14(19)11-6-4-3-5-7-11/h3-7,10,12H,8-9H2,1-2H3,(H,16,19)(H,17,18)(H,20,21). The maximum Gasteiger partial charge on any atom is 0.326 e. The van der Waals surface area contributed by atoms with Crippen LogP contribution in [-0.4, -0.2) is 35.5 Å². The van der Waals surface area contributed by atoms with Gasteiger partial charge in [-0.2, -0.15) is 0 Å². The molecular formula is C15H20N2O4. The van der Waals surface area contributed by atoms with Gasteiger partial charge in [-0.05, 0) is 24.5 Å². The number of nitrogens with one attached hydrogen (secondary N) is 2. The van der Waals surface area contributed by atoms with Crippen LogP contribution < -0.4 is 10.6 Å². The Morgan fingerprint density at radius 2 is 1.76 bits per heavy atom. The first-order chi connectivity index (χ1) is 9.90. The fraction of sp³-hybridized carbons (Fsp3) is 0.400. The highest BCUT2D eigenvalue weighted by Crippen LogP contribution is 2.04.